The molecule has 0 aliphatic carbocycles. The molecular weight excluding hydrogens is 828 g/mol. The molecule has 9 rings (SSSR count). The Balaban J connectivity index is 1.46. The molecule has 0 radical (unpaired) electrons. The van der Waals surface area contributed by atoms with Crippen LogP contribution in [0.2, 0.25) is 6.82 Å². The Labute approximate surface area is 381 Å². The van der Waals surface area contributed by atoms with Crippen LogP contribution in [0.15, 0.2) is 127 Å². The standard InChI is InChI=1S/C53H47BN6O2S2/c1-6-33(3)31-61-38-25-21-35(22-26-38)48-46-47(49(59-48)40(29-55)52-57-42-17-11-13-19-44(42)63-52)50(36-23-27-39(28-24-36)62-32-34(4)7-2)60(54(5)37-15-9-8-10-16-37)51(46)41(30-56)53-58-43-18-12-14-20-45(43)64-53/h8-28,33-34,59H,6-7,31-32H2,1-5H3/b49-40-,51-41-. The summed E-state index contributed by atoms with van der Waals surface area (Å²) >= 11 is 2.99. The topological polar surface area (TPSA) is 113 Å². The largest absolute Gasteiger partial charge is 0.493 e. The molecule has 0 amide bonds. The predicted molar refractivity (Wildman–Crippen MR) is 265 cm³/mol. The number of thiazole rings is 2. The maximum Gasteiger partial charge on any atom is 0.290 e. The molecule has 4 aromatic heterocycles. The normalized spacial score (nSPS) is 13.4. The lowest BCUT2D eigenvalue weighted by Gasteiger charge is -2.18. The highest BCUT2D eigenvalue weighted by atomic mass is 32.1. The van der Waals surface area contributed by atoms with E-state index in [-0.39, 0.29) is 6.85 Å². The molecule has 64 heavy (non-hydrogen) atoms. The average Bonchev–Trinajstić information content (AvgIpc) is 4.13. The highest BCUT2D eigenvalue weighted by Gasteiger charge is 2.30. The van der Waals surface area contributed by atoms with E-state index >= 15 is 0 Å². The van der Waals surface area contributed by atoms with Crippen LogP contribution in [0.4, 0.5) is 0 Å². The van der Waals surface area contributed by atoms with Crippen LogP contribution < -0.4 is 25.6 Å². The number of aromatic amines is 1. The summed E-state index contributed by atoms with van der Waals surface area (Å²) in [5, 5.41) is 27.0. The van der Waals surface area contributed by atoms with Crippen molar-refractivity contribution in [3.05, 3.63) is 148 Å². The Kier molecular flexibility index (Phi) is 12.2. The first-order valence-electron chi connectivity index (χ1n) is 21.9. The number of hydrogen-bond acceptors (Lipinski definition) is 8. The fourth-order valence-electron chi connectivity index (χ4n) is 8.04. The van der Waals surface area contributed by atoms with Crippen LogP contribution in [0.1, 0.15) is 50.6 Å². The van der Waals surface area contributed by atoms with Crippen molar-refractivity contribution in [1.82, 2.24) is 19.4 Å². The lowest BCUT2D eigenvalue weighted by Crippen LogP contribution is -2.42. The van der Waals surface area contributed by atoms with E-state index in [1.807, 2.05) is 91.0 Å². The minimum Gasteiger partial charge on any atom is -0.493 e. The molecule has 0 fully saturated rings. The summed E-state index contributed by atoms with van der Waals surface area (Å²) < 4.78 is 16.8. The zero-order valence-electron chi connectivity index (χ0n) is 36.6. The van der Waals surface area contributed by atoms with Crippen LogP contribution in [-0.4, -0.2) is 39.5 Å². The van der Waals surface area contributed by atoms with E-state index in [0.717, 1.165) is 83.5 Å². The maximum atomic E-state index is 11.5. The molecule has 4 heterocycles. The van der Waals surface area contributed by atoms with Gasteiger partial charge in [-0.15, -0.1) is 22.7 Å². The Morgan fingerprint density at radius 1 is 0.656 bits per heavy atom. The summed E-state index contributed by atoms with van der Waals surface area (Å²) in [5.41, 5.74) is 6.96. The first-order valence-corrected chi connectivity index (χ1v) is 23.5. The van der Waals surface area contributed by atoms with E-state index in [2.05, 4.69) is 92.5 Å². The van der Waals surface area contributed by atoms with Gasteiger partial charge in [0.2, 0.25) is 0 Å². The number of nitriles is 2. The molecule has 11 heteroatoms. The third kappa shape index (κ3) is 8.10. The summed E-state index contributed by atoms with van der Waals surface area (Å²) in [4.78, 5) is 13.9. The van der Waals surface area contributed by atoms with Gasteiger partial charge in [-0.2, -0.15) is 10.5 Å². The van der Waals surface area contributed by atoms with Gasteiger partial charge in [-0.3, -0.25) is 0 Å². The van der Waals surface area contributed by atoms with Crippen molar-refractivity contribution in [3.8, 4) is 46.2 Å². The van der Waals surface area contributed by atoms with Crippen molar-refractivity contribution in [1.29, 1.82) is 10.5 Å². The van der Waals surface area contributed by atoms with E-state index in [9.17, 15) is 10.5 Å². The second kappa shape index (κ2) is 18.4. The number of nitrogens with one attached hydrogen (secondary N) is 1. The van der Waals surface area contributed by atoms with E-state index in [1.54, 1.807) is 0 Å². The zero-order chi connectivity index (χ0) is 44.3. The number of para-hydroxylation sites is 2. The smallest absolute Gasteiger partial charge is 0.290 e. The Hall–Kier alpha value is -6.92. The average molecular weight is 875 g/mol. The maximum absolute atomic E-state index is 11.5. The van der Waals surface area contributed by atoms with Gasteiger partial charge in [0.15, 0.2) is 0 Å². The molecule has 0 aliphatic rings. The third-order valence-electron chi connectivity index (χ3n) is 12.1. The number of aromatic nitrogens is 4. The first-order chi connectivity index (χ1) is 31.3. The van der Waals surface area contributed by atoms with Gasteiger partial charge in [-0.05, 0) is 95.8 Å². The summed E-state index contributed by atoms with van der Waals surface area (Å²) in [7, 11) is 0. The fraction of sp³-hybridized carbons (Fsp3) is 0.208. The van der Waals surface area contributed by atoms with E-state index in [0.29, 0.717) is 56.9 Å². The Morgan fingerprint density at radius 2 is 1.16 bits per heavy atom. The molecule has 2 unspecified atom stereocenters. The van der Waals surface area contributed by atoms with E-state index < -0.39 is 0 Å². The minimum atomic E-state index is -0.275. The van der Waals surface area contributed by atoms with E-state index in [4.69, 9.17) is 19.4 Å². The molecule has 0 spiro atoms. The molecule has 0 aliphatic heterocycles. The van der Waals surface area contributed by atoms with Gasteiger partial charge in [0, 0.05) is 16.5 Å². The first kappa shape index (κ1) is 42.4. The quantitative estimate of drug-likeness (QED) is 0.109. The van der Waals surface area contributed by atoms with E-state index in [1.165, 1.54) is 22.7 Å². The number of benzene rings is 5. The minimum absolute atomic E-state index is 0.275. The summed E-state index contributed by atoms with van der Waals surface area (Å²) in [6.07, 6.45) is 2.05. The van der Waals surface area contributed by atoms with Gasteiger partial charge >= 0.3 is 0 Å². The number of ether oxygens (including phenoxy) is 2. The van der Waals surface area contributed by atoms with Crippen molar-refractivity contribution in [2.75, 3.05) is 13.2 Å². The Bertz CT molecular complexity index is 3270. The molecule has 0 saturated carbocycles. The zero-order valence-corrected chi connectivity index (χ0v) is 38.2. The lowest BCUT2D eigenvalue weighted by atomic mass is 9.57. The molecule has 2 atom stereocenters. The van der Waals surface area contributed by atoms with Crippen molar-refractivity contribution in [2.24, 2.45) is 11.8 Å². The summed E-state index contributed by atoms with van der Waals surface area (Å²) in [5.74, 6) is 2.38. The van der Waals surface area contributed by atoms with Crippen LogP contribution in [0.5, 0.6) is 11.5 Å². The van der Waals surface area contributed by atoms with Crippen LogP contribution in [0.3, 0.4) is 0 Å². The predicted octanol–water partition coefficient (Wildman–Crippen LogP) is 11.2. The highest BCUT2D eigenvalue weighted by molar-refractivity contribution is 7.20. The fourth-order valence-corrected chi connectivity index (χ4v) is 9.97. The number of H-pyrrole nitrogens is 1. The molecule has 5 aromatic carbocycles. The molecule has 1 N–H and O–H groups in total. The monoisotopic (exact) mass is 874 g/mol. The highest BCUT2D eigenvalue weighted by Crippen LogP contribution is 2.37. The Morgan fingerprint density at radius 3 is 1.67 bits per heavy atom. The molecular formula is C53H47BN6O2S2. The second-order valence-electron chi connectivity index (χ2n) is 16.4. The van der Waals surface area contributed by atoms with Gasteiger partial charge in [0.25, 0.3) is 6.85 Å². The number of nitrogens with zero attached hydrogens (tertiary/aromatic N) is 5. The summed E-state index contributed by atoms with van der Waals surface area (Å²) in [6, 6.07) is 47.9. The second-order valence-corrected chi connectivity index (χ2v) is 18.5. The molecule has 8 nitrogen and oxygen atoms in total. The van der Waals surface area contributed by atoms with Gasteiger partial charge in [-0.1, -0.05) is 107 Å². The van der Waals surface area contributed by atoms with Crippen LogP contribution in [-0.2, 0) is 0 Å². The number of rotatable bonds is 14. The molecule has 0 saturated heterocycles. The van der Waals surface area contributed by atoms with Crippen LogP contribution in [0, 0.1) is 34.5 Å². The van der Waals surface area contributed by atoms with Crippen molar-refractivity contribution < 1.29 is 9.47 Å². The lowest BCUT2D eigenvalue weighted by molar-refractivity contribution is 0.256. The van der Waals surface area contributed by atoms with Gasteiger partial charge in [0.05, 0.1) is 50.0 Å². The number of hydrogen-bond donors (Lipinski definition) is 1. The summed E-state index contributed by atoms with van der Waals surface area (Å²) in [6.45, 7) is 11.8. The van der Waals surface area contributed by atoms with Gasteiger partial charge < -0.3 is 18.9 Å². The van der Waals surface area contributed by atoms with Gasteiger partial charge in [0.1, 0.15) is 44.8 Å². The van der Waals surface area contributed by atoms with Crippen molar-refractivity contribution in [3.63, 3.8) is 0 Å². The third-order valence-corrected chi connectivity index (χ3v) is 14.2. The van der Waals surface area contributed by atoms with Crippen LogP contribution >= 0.6 is 22.7 Å². The molecule has 316 valence electrons. The molecule has 0 bridgehead atoms. The SMILES string of the molecule is CCC(C)COc1ccc(-c2[nH]/c(=C(/C#N)c3nc4ccccc4s3)c3c(-c4ccc(OCC(C)CC)cc4)n(B(C)c4ccccc4)/c(=C(/C#N)c4nc5ccccc5s4)c23)cc1. The van der Waals surface area contributed by atoms with Gasteiger partial charge in [-0.25, -0.2) is 9.97 Å². The van der Waals surface area contributed by atoms with Crippen molar-refractivity contribution >= 4 is 77.3 Å². The van der Waals surface area contributed by atoms with Crippen LogP contribution in [0.25, 0.3) is 64.9 Å². The van der Waals surface area contributed by atoms with Crippen molar-refractivity contribution in [2.45, 2.75) is 47.4 Å². The molecule has 9 aromatic rings. The number of fused-ring (bicyclic) bond motifs is 3.